The molecule has 3 rings (SSSR count). The van der Waals surface area contributed by atoms with Crippen molar-refractivity contribution in [2.45, 2.75) is 63.5 Å². The van der Waals surface area contributed by atoms with Gasteiger partial charge in [-0.25, -0.2) is 0 Å². The van der Waals surface area contributed by atoms with Crippen molar-refractivity contribution in [3.63, 3.8) is 0 Å². The SMILES string of the molecule is CC1CCCC(C)C1NC1CC(C#N)(c2ccccn2)C1. The summed E-state index contributed by atoms with van der Waals surface area (Å²) in [6.07, 6.45) is 7.62. The lowest BCUT2D eigenvalue weighted by molar-refractivity contribution is 0.136. The summed E-state index contributed by atoms with van der Waals surface area (Å²) in [5.41, 5.74) is 0.579. The van der Waals surface area contributed by atoms with Gasteiger partial charge >= 0.3 is 0 Å². The number of hydrogen-bond donors (Lipinski definition) is 1. The molecule has 1 heterocycles. The lowest BCUT2D eigenvalue weighted by atomic mass is 9.63. The van der Waals surface area contributed by atoms with Crippen LogP contribution in [0.25, 0.3) is 0 Å². The molecule has 0 radical (unpaired) electrons. The summed E-state index contributed by atoms with van der Waals surface area (Å²) in [7, 11) is 0. The standard InChI is InChI=1S/C18H25N3/c1-13-6-5-7-14(2)17(13)21-15-10-18(11-15,12-19)16-8-3-4-9-20-16/h3-4,8-9,13-15,17,21H,5-7,10-11H2,1-2H3. The van der Waals surface area contributed by atoms with E-state index in [9.17, 15) is 5.26 Å². The third kappa shape index (κ3) is 2.70. The molecule has 0 bridgehead atoms. The van der Waals surface area contributed by atoms with Crippen molar-refractivity contribution in [2.75, 3.05) is 0 Å². The summed E-state index contributed by atoms with van der Waals surface area (Å²) in [6.45, 7) is 4.73. The average molecular weight is 283 g/mol. The maximum Gasteiger partial charge on any atom is 0.102 e. The summed E-state index contributed by atoms with van der Waals surface area (Å²) in [5.74, 6) is 1.50. The normalized spacial score (nSPS) is 39.3. The Bertz CT molecular complexity index is 503. The lowest BCUT2D eigenvalue weighted by Crippen LogP contribution is -2.57. The highest BCUT2D eigenvalue weighted by molar-refractivity contribution is 5.32. The highest BCUT2D eigenvalue weighted by atomic mass is 15.0. The number of hydrogen-bond acceptors (Lipinski definition) is 3. The molecule has 2 aliphatic rings. The highest BCUT2D eigenvalue weighted by Gasteiger charge is 2.48. The van der Waals surface area contributed by atoms with E-state index in [0.717, 1.165) is 30.4 Å². The van der Waals surface area contributed by atoms with Gasteiger partial charge in [0.15, 0.2) is 0 Å². The first kappa shape index (κ1) is 14.5. The first-order valence-corrected chi connectivity index (χ1v) is 8.23. The second kappa shape index (κ2) is 5.77. The molecule has 1 aromatic heterocycles. The van der Waals surface area contributed by atoms with Gasteiger partial charge in [-0.15, -0.1) is 0 Å². The maximum absolute atomic E-state index is 9.60. The molecule has 0 amide bonds. The van der Waals surface area contributed by atoms with Gasteiger partial charge in [-0.05, 0) is 49.7 Å². The van der Waals surface area contributed by atoms with Crippen molar-refractivity contribution in [1.29, 1.82) is 5.26 Å². The van der Waals surface area contributed by atoms with Crippen LogP contribution in [0.1, 0.15) is 51.6 Å². The molecule has 0 spiro atoms. The van der Waals surface area contributed by atoms with Crippen LogP contribution in [0.4, 0.5) is 0 Å². The molecule has 2 unspecified atom stereocenters. The van der Waals surface area contributed by atoms with Gasteiger partial charge in [0.05, 0.1) is 11.8 Å². The third-order valence-corrected chi connectivity index (χ3v) is 5.53. The first-order chi connectivity index (χ1) is 10.1. The van der Waals surface area contributed by atoms with E-state index in [-0.39, 0.29) is 5.41 Å². The Morgan fingerprint density at radius 3 is 2.52 bits per heavy atom. The minimum Gasteiger partial charge on any atom is -0.311 e. The van der Waals surface area contributed by atoms with Crippen LogP contribution >= 0.6 is 0 Å². The molecule has 2 atom stereocenters. The van der Waals surface area contributed by atoms with Crippen molar-refractivity contribution in [3.05, 3.63) is 30.1 Å². The van der Waals surface area contributed by atoms with Gasteiger partial charge in [-0.3, -0.25) is 4.98 Å². The number of nitrogens with zero attached hydrogens (tertiary/aromatic N) is 2. The number of rotatable bonds is 3. The predicted molar refractivity (Wildman–Crippen MR) is 83.7 cm³/mol. The van der Waals surface area contributed by atoms with Gasteiger partial charge in [-0.2, -0.15) is 5.26 Å². The molecule has 1 aromatic rings. The van der Waals surface area contributed by atoms with Crippen LogP contribution in [0.5, 0.6) is 0 Å². The number of aromatic nitrogens is 1. The summed E-state index contributed by atoms with van der Waals surface area (Å²) >= 11 is 0. The van der Waals surface area contributed by atoms with Crippen molar-refractivity contribution in [3.8, 4) is 6.07 Å². The Morgan fingerprint density at radius 1 is 1.24 bits per heavy atom. The molecule has 3 heteroatoms. The fourth-order valence-electron chi connectivity index (χ4n) is 4.19. The first-order valence-electron chi connectivity index (χ1n) is 8.23. The molecule has 0 aliphatic heterocycles. The molecule has 2 saturated carbocycles. The molecular weight excluding hydrogens is 258 g/mol. The van der Waals surface area contributed by atoms with E-state index in [4.69, 9.17) is 0 Å². The highest BCUT2D eigenvalue weighted by Crippen LogP contribution is 2.43. The van der Waals surface area contributed by atoms with Crippen LogP contribution in [-0.4, -0.2) is 17.1 Å². The predicted octanol–water partition coefficient (Wildman–Crippen LogP) is 3.42. The molecule has 0 saturated heterocycles. The molecule has 112 valence electrons. The zero-order valence-corrected chi connectivity index (χ0v) is 13.0. The average Bonchev–Trinajstić information content (AvgIpc) is 2.46. The fourth-order valence-corrected chi connectivity index (χ4v) is 4.19. The summed E-state index contributed by atoms with van der Waals surface area (Å²) in [4.78, 5) is 4.40. The van der Waals surface area contributed by atoms with Crippen LogP contribution in [-0.2, 0) is 5.41 Å². The van der Waals surface area contributed by atoms with E-state index in [2.05, 4.69) is 30.2 Å². The van der Waals surface area contributed by atoms with E-state index in [1.54, 1.807) is 6.20 Å². The summed E-state index contributed by atoms with van der Waals surface area (Å²) in [6, 6.07) is 9.49. The van der Waals surface area contributed by atoms with E-state index in [0.29, 0.717) is 12.1 Å². The lowest BCUT2D eigenvalue weighted by Gasteiger charge is -2.47. The van der Waals surface area contributed by atoms with Crippen molar-refractivity contribution >= 4 is 0 Å². The zero-order valence-electron chi connectivity index (χ0n) is 13.0. The molecule has 2 aliphatic carbocycles. The monoisotopic (exact) mass is 283 g/mol. The number of nitriles is 1. The molecule has 2 fully saturated rings. The minimum atomic E-state index is -0.361. The van der Waals surface area contributed by atoms with Gasteiger partial charge < -0.3 is 5.32 Å². The minimum absolute atomic E-state index is 0.361. The summed E-state index contributed by atoms with van der Waals surface area (Å²) < 4.78 is 0. The Morgan fingerprint density at radius 2 is 1.95 bits per heavy atom. The van der Waals surface area contributed by atoms with Crippen LogP contribution in [0.2, 0.25) is 0 Å². The van der Waals surface area contributed by atoms with Gasteiger partial charge in [0.1, 0.15) is 5.41 Å². The van der Waals surface area contributed by atoms with Gasteiger partial charge in [0, 0.05) is 18.3 Å². The van der Waals surface area contributed by atoms with Gasteiger partial charge in [-0.1, -0.05) is 26.3 Å². The third-order valence-electron chi connectivity index (χ3n) is 5.53. The Hall–Kier alpha value is -1.40. The van der Waals surface area contributed by atoms with Crippen LogP contribution in [0.3, 0.4) is 0 Å². The molecule has 21 heavy (non-hydrogen) atoms. The quantitative estimate of drug-likeness (QED) is 0.924. The van der Waals surface area contributed by atoms with Gasteiger partial charge in [0.2, 0.25) is 0 Å². The molecular formula is C18H25N3. The van der Waals surface area contributed by atoms with Crippen LogP contribution < -0.4 is 5.32 Å². The molecule has 0 aromatic carbocycles. The molecule has 3 nitrogen and oxygen atoms in total. The smallest absolute Gasteiger partial charge is 0.102 e. The van der Waals surface area contributed by atoms with Crippen molar-refractivity contribution in [2.24, 2.45) is 11.8 Å². The second-order valence-electron chi connectivity index (χ2n) is 7.09. The topological polar surface area (TPSA) is 48.7 Å². The zero-order chi connectivity index (χ0) is 14.9. The van der Waals surface area contributed by atoms with E-state index < -0.39 is 0 Å². The van der Waals surface area contributed by atoms with Gasteiger partial charge in [0.25, 0.3) is 0 Å². The van der Waals surface area contributed by atoms with Crippen LogP contribution in [0.15, 0.2) is 24.4 Å². The largest absolute Gasteiger partial charge is 0.311 e. The van der Waals surface area contributed by atoms with Crippen LogP contribution in [0, 0.1) is 23.2 Å². The second-order valence-corrected chi connectivity index (χ2v) is 7.09. The van der Waals surface area contributed by atoms with E-state index in [1.807, 2.05) is 18.2 Å². The van der Waals surface area contributed by atoms with E-state index >= 15 is 0 Å². The summed E-state index contributed by atoms with van der Waals surface area (Å²) in [5, 5.41) is 13.4. The number of nitrogens with one attached hydrogen (secondary N) is 1. The van der Waals surface area contributed by atoms with E-state index in [1.165, 1.54) is 19.3 Å². The Balaban J connectivity index is 1.63. The van der Waals surface area contributed by atoms with Crippen molar-refractivity contribution in [1.82, 2.24) is 10.3 Å². The fraction of sp³-hybridized carbons (Fsp3) is 0.667. The van der Waals surface area contributed by atoms with Crippen molar-refractivity contribution < 1.29 is 0 Å². The Labute approximate surface area is 127 Å². The number of pyridine rings is 1. The maximum atomic E-state index is 9.60. The Kier molecular flexibility index (Phi) is 3.99. The molecule has 1 N–H and O–H groups in total.